The van der Waals surface area contributed by atoms with Crippen molar-refractivity contribution in [2.24, 2.45) is 0 Å². The molecule has 102 valence electrons. The minimum Gasteiger partial charge on any atom is -0.306 e. The Hall–Kier alpha value is -2.95. The molecule has 3 heterocycles. The van der Waals surface area contributed by atoms with Gasteiger partial charge in [0.1, 0.15) is 0 Å². The lowest BCUT2D eigenvalue weighted by Gasteiger charge is -2.02. The molecule has 0 N–H and O–H groups in total. The zero-order valence-corrected chi connectivity index (χ0v) is 11.5. The van der Waals surface area contributed by atoms with E-state index in [0.717, 1.165) is 28.4 Å². The first-order chi connectivity index (χ1) is 10.3. The Kier molecular flexibility index (Phi) is 2.57. The van der Waals surface area contributed by atoms with E-state index in [1.807, 2.05) is 64.7 Å². The summed E-state index contributed by atoms with van der Waals surface area (Å²) in [6, 6.07) is 14.1. The van der Waals surface area contributed by atoms with Gasteiger partial charge < -0.3 is 4.57 Å². The summed E-state index contributed by atoms with van der Waals surface area (Å²) in [5.41, 5.74) is 4.00. The molecule has 0 spiro atoms. The Morgan fingerprint density at radius 2 is 1.86 bits per heavy atom. The average molecular weight is 275 g/mol. The van der Waals surface area contributed by atoms with E-state index in [2.05, 4.69) is 15.1 Å². The maximum atomic E-state index is 4.57. The molecule has 0 aliphatic carbocycles. The number of nitrogens with zero attached hydrogens (tertiary/aromatic N) is 5. The number of pyridine rings is 1. The zero-order chi connectivity index (χ0) is 14.2. The van der Waals surface area contributed by atoms with Crippen LogP contribution in [0.2, 0.25) is 0 Å². The van der Waals surface area contributed by atoms with Crippen LogP contribution >= 0.6 is 0 Å². The molecule has 0 fully saturated rings. The van der Waals surface area contributed by atoms with Gasteiger partial charge in [-0.1, -0.05) is 6.07 Å². The van der Waals surface area contributed by atoms with Crippen molar-refractivity contribution in [2.45, 2.75) is 6.92 Å². The van der Waals surface area contributed by atoms with Crippen LogP contribution < -0.4 is 0 Å². The summed E-state index contributed by atoms with van der Waals surface area (Å²) in [6.07, 6.45) is 5.46. The first kappa shape index (κ1) is 11.8. The number of aryl methyl sites for hydroxylation is 1. The lowest BCUT2D eigenvalue weighted by atomic mass is 10.2. The summed E-state index contributed by atoms with van der Waals surface area (Å²) in [5, 5.41) is 4.56. The zero-order valence-electron chi connectivity index (χ0n) is 11.5. The minimum atomic E-state index is 0.737. The van der Waals surface area contributed by atoms with Gasteiger partial charge in [-0.05, 0) is 43.3 Å². The van der Waals surface area contributed by atoms with E-state index >= 15 is 0 Å². The van der Waals surface area contributed by atoms with Gasteiger partial charge in [0.25, 0.3) is 0 Å². The highest BCUT2D eigenvalue weighted by Crippen LogP contribution is 2.19. The second-order valence-electron chi connectivity index (χ2n) is 4.89. The highest BCUT2D eigenvalue weighted by atomic mass is 15.3. The first-order valence-corrected chi connectivity index (χ1v) is 6.72. The lowest BCUT2D eigenvalue weighted by Crippen LogP contribution is -1.92. The monoisotopic (exact) mass is 275 g/mol. The van der Waals surface area contributed by atoms with Gasteiger partial charge >= 0.3 is 0 Å². The van der Waals surface area contributed by atoms with Crippen molar-refractivity contribution < 1.29 is 0 Å². The van der Waals surface area contributed by atoms with E-state index in [1.165, 1.54) is 0 Å². The normalized spacial score (nSPS) is 11.1. The molecule has 1 aromatic carbocycles. The van der Waals surface area contributed by atoms with Gasteiger partial charge in [0, 0.05) is 29.3 Å². The fourth-order valence-corrected chi connectivity index (χ4v) is 2.35. The first-order valence-electron chi connectivity index (χ1n) is 6.72. The van der Waals surface area contributed by atoms with Gasteiger partial charge in [-0.2, -0.15) is 0 Å². The predicted octanol–water partition coefficient (Wildman–Crippen LogP) is 2.89. The molecule has 21 heavy (non-hydrogen) atoms. The van der Waals surface area contributed by atoms with Crippen molar-refractivity contribution in [3.05, 3.63) is 66.9 Å². The van der Waals surface area contributed by atoms with Gasteiger partial charge in [-0.15, -0.1) is 5.10 Å². The number of hydrogen-bond donors (Lipinski definition) is 0. The molecule has 0 bridgehead atoms. The van der Waals surface area contributed by atoms with E-state index in [1.54, 1.807) is 12.5 Å². The molecular formula is C16H13N5. The number of hydrogen-bond acceptors (Lipinski definition) is 3. The summed E-state index contributed by atoms with van der Waals surface area (Å²) < 4.78 is 3.82. The van der Waals surface area contributed by atoms with Crippen LogP contribution in [0.4, 0.5) is 0 Å². The van der Waals surface area contributed by atoms with Gasteiger partial charge in [-0.3, -0.25) is 0 Å². The second-order valence-corrected chi connectivity index (χ2v) is 4.89. The average Bonchev–Trinajstić information content (AvgIpc) is 3.18. The summed E-state index contributed by atoms with van der Waals surface area (Å²) >= 11 is 0. The Morgan fingerprint density at radius 3 is 2.57 bits per heavy atom. The Labute approximate surface area is 121 Å². The van der Waals surface area contributed by atoms with Crippen LogP contribution in [0.15, 0.2) is 61.2 Å². The van der Waals surface area contributed by atoms with Crippen LogP contribution in [0, 0.1) is 6.92 Å². The molecule has 0 aliphatic heterocycles. The molecule has 0 unspecified atom stereocenters. The third kappa shape index (κ3) is 1.99. The van der Waals surface area contributed by atoms with Crippen molar-refractivity contribution in [3.8, 4) is 17.1 Å². The number of rotatable bonds is 2. The highest BCUT2D eigenvalue weighted by Gasteiger charge is 2.07. The SMILES string of the molecule is Cc1cccc2nc(-c3ccc(-n4ccnc4)cc3)nn12. The third-order valence-corrected chi connectivity index (χ3v) is 3.48. The van der Waals surface area contributed by atoms with Crippen LogP contribution in [0.3, 0.4) is 0 Å². The number of imidazole rings is 1. The molecule has 4 rings (SSSR count). The predicted molar refractivity (Wildman–Crippen MR) is 80.3 cm³/mol. The topological polar surface area (TPSA) is 48.0 Å². The third-order valence-electron chi connectivity index (χ3n) is 3.48. The van der Waals surface area contributed by atoms with Gasteiger partial charge in [-0.25, -0.2) is 14.5 Å². The molecule has 3 aromatic heterocycles. The molecule has 0 saturated heterocycles. The van der Waals surface area contributed by atoms with Crippen LogP contribution in [0.5, 0.6) is 0 Å². The van der Waals surface area contributed by atoms with Crippen molar-refractivity contribution in [1.82, 2.24) is 24.1 Å². The van der Waals surface area contributed by atoms with Crippen molar-refractivity contribution in [1.29, 1.82) is 0 Å². The van der Waals surface area contributed by atoms with Crippen molar-refractivity contribution in [3.63, 3.8) is 0 Å². The molecule has 0 amide bonds. The fraction of sp³-hybridized carbons (Fsp3) is 0.0625. The molecule has 0 atom stereocenters. The van der Waals surface area contributed by atoms with E-state index < -0.39 is 0 Å². The van der Waals surface area contributed by atoms with Gasteiger partial charge in [0.15, 0.2) is 11.5 Å². The van der Waals surface area contributed by atoms with Gasteiger partial charge in [0.05, 0.1) is 6.33 Å². The number of benzene rings is 1. The van der Waals surface area contributed by atoms with Gasteiger partial charge in [0.2, 0.25) is 0 Å². The Bertz CT molecular complexity index is 888. The smallest absolute Gasteiger partial charge is 0.182 e. The summed E-state index contributed by atoms with van der Waals surface area (Å²) in [7, 11) is 0. The van der Waals surface area contributed by atoms with Crippen LogP contribution in [-0.4, -0.2) is 24.1 Å². The molecule has 5 nitrogen and oxygen atoms in total. The standard InChI is InChI=1S/C16H13N5/c1-12-3-2-4-15-18-16(19-21(12)15)13-5-7-14(8-6-13)20-10-9-17-11-20/h2-11H,1H3. The van der Waals surface area contributed by atoms with Crippen LogP contribution in [0.25, 0.3) is 22.7 Å². The van der Waals surface area contributed by atoms with E-state index in [-0.39, 0.29) is 0 Å². The summed E-state index contributed by atoms with van der Waals surface area (Å²) in [5.74, 6) is 0.737. The maximum Gasteiger partial charge on any atom is 0.182 e. The summed E-state index contributed by atoms with van der Waals surface area (Å²) in [4.78, 5) is 8.62. The lowest BCUT2D eigenvalue weighted by molar-refractivity contribution is 0.918. The maximum absolute atomic E-state index is 4.57. The Balaban J connectivity index is 1.76. The number of aromatic nitrogens is 5. The van der Waals surface area contributed by atoms with Crippen molar-refractivity contribution >= 4 is 5.65 Å². The Morgan fingerprint density at radius 1 is 1.00 bits per heavy atom. The molecular weight excluding hydrogens is 262 g/mol. The number of fused-ring (bicyclic) bond motifs is 1. The van der Waals surface area contributed by atoms with Crippen LogP contribution in [0.1, 0.15) is 5.69 Å². The van der Waals surface area contributed by atoms with E-state index in [9.17, 15) is 0 Å². The fourth-order valence-electron chi connectivity index (χ4n) is 2.35. The largest absolute Gasteiger partial charge is 0.306 e. The minimum absolute atomic E-state index is 0.737. The van der Waals surface area contributed by atoms with Crippen LogP contribution in [-0.2, 0) is 0 Å². The molecule has 0 saturated carbocycles. The molecule has 0 aliphatic rings. The summed E-state index contributed by atoms with van der Waals surface area (Å²) in [6.45, 7) is 2.02. The molecule has 4 aromatic rings. The molecule has 0 radical (unpaired) electrons. The van der Waals surface area contributed by atoms with Crippen molar-refractivity contribution in [2.75, 3.05) is 0 Å². The molecule has 5 heteroatoms. The highest BCUT2D eigenvalue weighted by molar-refractivity contribution is 5.60. The second kappa shape index (κ2) is 4.56. The van der Waals surface area contributed by atoms with E-state index in [4.69, 9.17) is 0 Å². The van der Waals surface area contributed by atoms with E-state index in [0.29, 0.717) is 0 Å². The quantitative estimate of drug-likeness (QED) is 0.565.